The third-order valence-electron chi connectivity index (χ3n) is 5.96. The number of nitrogens with zero attached hydrogens (tertiary/aromatic N) is 2. The van der Waals surface area contributed by atoms with Gasteiger partial charge in [0.25, 0.3) is 5.91 Å². The summed E-state index contributed by atoms with van der Waals surface area (Å²) in [6.45, 7) is 3.72. The van der Waals surface area contributed by atoms with Crippen LogP contribution in [-0.2, 0) is 10.0 Å². The van der Waals surface area contributed by atoms with Gasteiger partial charge in [-0.2, -0.15) is 0 Å². The molecule has 190 valence electrons. The molecule has 35 heavy (non-hydrogen) atoms. The van der Waals surface area contributed by atoms with E-state index in [0.29, 0.717) is 11.4 Å². The van der Waals surface area contributed by atoms with Gasteiger partial charge in [0, 0.05) is 30.9 Å². The van der Waals surface area contributed by atoms with Crippen molar-refractivity contribution in [3.63, 3.8) is 0 Å². The highest BCUT2D eigenvalue weighted by Gasteiger charge is 2.34. The molecule has 0 spiro atoms. The maximum Gasteiger partial charge on any atom is 0.323 e. The summed E-state index contributed by atoms with van der Waals surface area (Å²) in [5, 5.41) is 15.2. The number of ether oxygens (including phenoxy) is 1. The number of likely N-dealkylation sites (N-methyl/N-ethyl adjacent to an activating group) is 1. The van der Waals surface area contributed by atoms with E-state index in [2.05, 4.69) is 10.6 Å². The van der Waals surface area contributed by atoms with Crippen LogP contribution in [0.15, 0.2) is 48.5 Å². The molecule has 1 heterocycles. The Morgan fingerprint density at radius 1 is 1.20 bits per heavy atom. The minimum absolute atomic E-state index is 0.0917. The van der Waals surface area contributed by atoms with Crippen LogP contribution in [0.25, 0.3) is 0 Å². The number of nitrogens with one attached hydrogen (secondary N) is 2. The molecule has 3 N–H and O–H groups in total. The van der Waals surface area contributed by atoms with Gasteiger partial charge in [0.1, 0.15) is 11.9 Å². The maximum absolute atomic E-state index is 13.5. The topological polar surface area (TPSA) is 128 Å². The van der Waals surface area contributed by atoms with Crippen molar-refractivity contribution in [2.45, 2.75) is 26.0 Å². The van der Waals surface area contributed by atoms with Gasteiger partial charge in [0.15, 0.2) is 0 Å². The Balaban J connectivity index is 1.91. The summed E-state index contributed by atoms with van der Waals surface area (Å²) in [6, 6.07) is 12.7. The molecule has 11 heteroatoms. The lowest BCUT2D eigenvalue weighted by Gasteiger charge is -2.38. The number of para-hydroxylation sites is 1. The summed E-state index contributed by atoms with van der Waals surface area (Å²) < 4.78 is 31.3. The number of urea groups is 1. The number of hydrogen-bond acceptors (Lipinski definition) is 6. The van der Waals surface area contributed by atoms with Gasteiger partial charge in [-0.05, 0) is 37.3 Å². The molecule has 2 aromatic rings. The quantitative estimate of drug-likeness (QED) is 0.531. The van der Waals surface area contributed by atoms with Crippen molar-refractivity contribution in [3.8, 4) is 5.75 Å². The highest BCUT2D eigenvalue weighted by atomic mass is 32.2. The molecule has 3 atom stereocenters. The van der Waals surface area contributed by atoms with Gasteiger partial charge < -0.3 is 25.4 Å². The van der Waals surface area contributed by atoms with Gasteiger partial charge in [0.05, 0.1) is 31.0 Å². The van der Waals surface area contributed by atoms with E-state index in [-0.39, 0.29) is 42.8 Å². The third-order valence-corrected chi connectivity index (χ3v) is 7.24. The number of aliphatic hydroxyl groups excluding tert-OH is 1. The van der Waals surface area contributed by atoms with Crippen molar-refractivity contribution in [1.82, 2.24) is 9.21 Å². The number of aliphatic hydroxyl groups is 1. The molecule has 3 rings (SSSR count). The number of fused-ring (bicyclic) bond motifs is 1. The Kier molecular flexibility index (Phi) is 8.36. The van der Waals surface area contributed by atoms with Crippen LogP contribution in [-0.4, -0.2) is 79.8 Å². The first-order chi connectivity index (χ1) is 16.5. The Morgan fingerprint density at radius 3 is 2.49 bits per heavy atom. The van der Waals surface area contributed by atoms with E-state index < -0.39 is 28.2 Å². The molecule has 0 bridgehead atoms. The van der Waals surface area contributed by atoms with E-state index in [1.807, 2.05) is 13.0 Å². The summed E-state index contributed by atoms with van der Waals surface area (Å²) in [7, 11) is -1.96. The highest BCUT2D eigenvalue weighted by Crippen LogP contribution is 2.31. The zero-order valence-electron chi connectivity index (χ0n) is 20.3. The lowest BCUT2D eigenvalue weighted by molar-refractivity contribution is 0.0387. The molecule has 1 aliphatic heterocycles. The van der Waals surface area contributed by atoms with E-state index in [9.17, 15) is 23.1 Å². The van der Waals surface area contributed by atoms with Gasteiger partial charge in [0.2, 0.25) is 10.0 Å². The largest absolute Gasteiger partial charge is 0.488 e. The number of sulfonamides is 1. The second-order valence-electron chi connectivity index (χ2n) is 8.82. The van der Waals surface area contributed by atoms with E-state index in [4.69, 9.17) is 4.74 Å². The van der Waals surface area contributed by atoms with Gasteiger partial charge in [-0.25, -0.2) is 17.5 Å². The predicted octanol–water partition coefficient (Wildman–Crippen LogP) is 2.44. The summed E-state index contributed by atoms with van der Waals surface area (Å²) >= 11 is 0. The van der Waals surface area contributed by atoms with E-state index >= 15 is 0 Å². The van der Waals surface area contributed by atoms with Crippen LogP contribution in [0.3, 0.4) is 0 Å². The number of benzene rings is 2. The second kappa shape index (κ2) is 11.1. The molecule has 0 fully saturated rings. The monoisotopic (exact) mass is 504 g/mol. The Hall–Kier alpha value is -3.15. The summed E-state index contributed by atoms with van der Waals surface area (Å²) in [5.41, 5.74) is 1.20. The minimum Gasteiger partial charge on any atom is -0.488 e. The number of anilines is 2. The van der Waals surface area contributed by atoms with Gasteiger partial charge in [-0.1, -0.05) is 25.1 Å². The fourth-order valence-electron chi connectivity index (χ4n) is 3.72. The van der Waals surface area contributed by atoms with Crippen LogP contribution in [0.2, 0.25) is 0 Å². The summed E-state index contributed by atoms with van der Waals surface area (Å²) in [6.07, 6.45) is 0.576. The van der Waals surface area contributed by atoms with Crippen molar-refractivity contribution >= 4 is 33.3 Å². The standard InChI is InChI=1S/C24H32N4O6S/c1-16-13-28(17(2)15-29)23(30)20-12-19(26-24(31)25-18-8-6-5-7-9-18)10-11-21(20)34-22(16)14-27(3)35(4,32)33/h5-12,16-17,22,29H,13-15H2,1-4H3,(H2,25,26,31)/t16-,17+,22-/m1/s1. The van der Waals surface area contributed by atoms with E-state index in [0.717, 1.165) is 6.26 Å². The first kappa shape index (κ1) is 26.5. The van der Waals surface area contributed by atoms with Gasteiger partial charge in [-0.15, -0.1) is 0 Å². The normalized spacial score (nSPS) is 19.3. The lowest BCUT2D eigenvalue weighted by Crippen LogP contribution is -2.50. The molecule has 1 aliphatic rings. The molecular weight excluding hydrogens is 472 g/mol. The lowest BCUT2D eigenvalue weighted by atomic mass is 9.99. The first-order valence-corrected chi connectivity index (χ1v) is 13.1. The van der Waals surface area contributed by atoms with Crippen LogP contribution in [0.4, 0.5) is 16.2 Å². The van der Waals surface area contributed by atoms with Crippen molar-refractivity contribution in [2.75, 3.05) is 43.6 Å². The third kappa shape index (κ3) is 6.71. The molecule has 0 radical (unpaired) electrons. The average Bonchev–Trinajstić information content (AvgIpc) is 2.81. The summed E-state index contributed by atoms with van der Waals surface area (Å²) in [5.74, 6) is -0.298. The van der Waals surface area contributed by atoms with Crippen molar-refractivity contribution < 1.29 is 27.9 Å². The molecule has 3 amide bonds. The Morgan fingerprint density at radius 2 is 1.86 bits per heavy atom. The van der Waals surface area contributed by atoms with Crippen LogP contribution in [0.5, 0.6) is 5.75 Å². The summed E-state index contributed by atoms with van der Waals surface area (Å²) in [4.78, 5) is 27.4. The molecule has 0 saturated heterocycles. The van der Waals surface area contributed by atoms with Gasteiger partial charge in [-0.3, -0.25) is 4.79 Å². The van der Waals surface area contributed by atoms with E-state index in [1.54, 1.807) is 48.2 Å². The van der Waals surface area contributed by atoms with Crippen LogP contribution >= 0.6 is 0 Å². The fourth-order valence-corrected chi connectivity index (χ4v) is 4.14. The second-order valence-corrected chi connectivity index (χ2v) is 10.9. The van der Waals surface area contributed by atoms with E-state index in [1.165, 1.54) is 17.4 Å². The number of rotatable bonds is 7. The van der Waals surface area contributed by atoms with Crippen molar-refractivity contribution in [1.29, 1.82) is 0 Å². The zero-order chi connectivity index (χ0) is 25.8. The van der Waals surface area contributed by atoms with Crippen LogP contribution < -0.4 is 15.4 Å². The molecule has 0 unspecified atom stereocenters. The Bertz CT molecular complexity index is 1160. The molecule has 0 aromatic heterocycles. The molecule has 0 saturated carbocycles. The highest BCUT2D eigenvalue weighted by molar-refractivity contribution is 7.88. The molecule has 2 aromatic carbocycles. The molecular formula is C24H32N4O6S. The van der Waals surface area contributed by atoms with Crippen molar-refractivity contribution in [2.24, 2.45) is 5.92 Å². The SMILES string of the molecule is C[C@@H]1CN([C@@H](C)CO)C(=O)c2cc(NC(=O)Nc3ccccc3)ccc2O[C@@H]1CN(C)S(C)(=O)=O. The number of hydrogen-bond donors (Lipinski definition) is 3. The van der Waals surface area contributed by atoms with Crippen molar-refractivity contribution in [3.05, 3.63) is 54.1 Å². The average molecular weight is 505 g/mol. The van der Waals surface area contributed by atoms with Crippen LogP contribution in [0.1, 0.15) is 24.2 Å². The van der Waals surface area contributed by atoms with Gasteiger partial charge >= 0.3 is 6.03 Å². The number of amides is 3. The number of carbonyl (C=O) groups excluding carboxylic acids is 2. The zero-order valence-corrected chi connectivity index (χ0v) is 21.1. The van der Waals surface area contributed by atoms with Crippen LogP contribution in [0, 0.1) is 5.92 Å². The smallest absolute Gasteiger partial charge is 0.323 e. The molecule has 10 nitrogen and oxygen atoms in total. The first-order valence-electron chi connectivity index (χ1n) is 11.3. The Labute approximate surface area is 205 Å². The fraction of sp³-hybridized carbons (Fsp3) is 0.417. The predicted molar refractivity (Wildman–Crippen MR) is 134 cm³/mol. The maximum atomic E-state index is 13.5. The number of carbonyl (C=O) groups is 2. The molecule has 0 aliphatic carbocycles. The minimum atomic E-state index is -3.44.